The molecule has 2 N–H and O–H groups in total. The minimum absolute atomic E-state index is 0.0142. The third-order valence-corrected chi connectivity index (χ3v) is 5.75. The monoisotopic (exact) mass is 470 g/mol. The van der Waals surface area contributed by atoms with Crippen molar-refractivity contribution in [2.45, 2.75) is 30.6 Å². The van der Waals surface area contributed by atoms with Crippen LogP contribution in [0.5, 0.6) is 0 Å². The number of Topliss-reactive ketones (excluding diaryl/α,β-unsaturated/α-hetero) is 2. The van der Waals surface area contributed by atoms with E-state index < -0.39 is 53.9 Å². The van der Waals surface area contributed by atoms with Crippen molar-refractivity contribution in [3.8, 4) is 6.07 Å². The Kier molecular flexibility index (Phi) is 5.56. The fraction of sp³-hybridized carbons (Fsp3) is 0.273. The predicted molar refractivity (Wildman–Crippen MR) is 111 cm³/mol. The van der Waals surface area contributed by atoms with Crippen LogP contribution in [0.2, 0.25) is 0 Å². The molecule has 2 aromatic heterocycles. The maximum atomic E-state index is 13.7. The largest absolute Gasteiger partial charge is 0.346 e. The highest BCUT2D eigenvalue weighted by molar-refractivity contribution is 6.44. The number of carbonyl (C=O) groups excluding carboxylic acids is 3. The number of anilines is 1. The van der Waals surface area contributed by atoms with Gasteiger partial charge in [0.25, 0.3) is 5.91 Å². The van der Waals surface area contributed by atoms with Crippen LogP contribution in [0.3, 0.4) is 0 Å². The van der Waals surface area contributed by atoms with Crippen molar-refractivity contribution in [3.63, 3.8) is 0 Å². The highest BCUT2D eigenvalue weighted by atomic mass is 19.3. The van der Waals surface area contributed by atoms with Crippen molar-refractivity contribution >= 4 is 23.2 Å². The van der Waals surface area contributed by atoms with Gasteiger partial charge in [-0.1, -0.05) is 0 Å². The van der Waals surface area contributed by atoms with Crippen LogP contribution in [0.4, 0.5) is 18.9 Å². The summed E-state index contributed by atoms with van der Waals surface area (Å²) < 4.78 is 42.1. The van der Waals surface area contributed by atoms with Crippen LogP contribution in [0.25, 0.3) is 0 Å². The molecule has 1 amide bonds. The summed E-state index contributed by atoms with van der Waals surface area (Å²) in [5.74, 6) is -6.19. The van der Waals surface area contributed by atoms with Gasteiger partial charge in [-0.2, -0.15) is 20.7 Å². The van der Waals surface area contributed by atoms with Crippen LogP contribution >= 0.6 is 0 Å². The van der Waals surface area contributed by atoms with Gasteiger partial charge in [0.1, 0.15) is 17.6 Å². The SMILES string of the molecule is Cn1cc(C(=O)C(=O)CC2(c3cn[nH]n3)CC(F)(F)C2)cc1C(=O)Nc1ccc(F)c(C#N)c1. The number of nitriles is 1. The quantitative estimate of drug-likeness (QED) is 0.403. The van der Waals surface area contributed by atoms with Crippen LogP contribution in [0.1, 0.15) is 51.4 Å². The van der Waals surface area contributed by atoms with Crippen molar-refractivity contribution in [2.75, 3.05) is 5.32 Å². The second-order valence-corrected chi connectivity index (χ2v) is 8.26. The van der Waals surface area contributed by atoms with Crippen molar-refractivity contribution in [3.05, 3.63) is 65.0 Å². The average Bonchev–Trinajstić information content (AvgIpc) is 3.43. The molecule has 1 fully saturated rings. The summed E-state index contributed by atoms with van der Waals surface area (Å²) in [6.07, 6.45) is 0.799. The second-order valence-electron chi connectivity index (χ2n) is 8.26. The lowest BCUT2D eigenvalue weighted by Crippen LogP contribution is -2.51. The zero-order valence-electron chi connectivity index (χ0n) is 17.7. The molecule has 2 heterocycles. The third-order valence-electron chi connectivity index (χ3n) is 5.75. The molecule has 1 aliphatic carbocycles. The Hall–Kier alpha value is -4.27. The first kappa shape index (κ1) is 22.9. The molecule has 9 nitrogen and oxygen atoms in total. The number of benzene rings is 1. The molecule has 0 unspecified atom stereocenters. The first-order valence-electron chi connectivity index (χ1n) is 10.0. The normalized spacial score (nSPS) is 15.7. The maximum Gasteiger partial charge on any atom is 0.272 e. The number of alkyl halides is 2. The Morgan fingerprint density at radius 3 is 2.62 bits per heavy atom. The van der Waals surface area contributed by atoms with E-state index in [1.54, 1.807) is 6.07 Å². The van der Waals surface area contributed by atoms with E-state index in [4.69, 9.17) is 5.26 Å². The van der Waals surface area contributed by atoms with Gasteiger partial charge in [-0.3, -0.25) is 14.4 Å². The molecule has 0 spiro atoms. The number of rotatable bonds is 7. The summed E-state index contributed by atoms with van der Waals surface area (Å²) in [6, 6.07) is 6.31. The lowest BCUT2D eigenvalue weighted by atomic mass is 9.61. The molecule has 0 saturated heterocycles. The van der Waals surface area contributed by atoms with E-state index in [2.05, 4.69) is 20.7 Å². The first-order valence-corrected chi connectivity index (χ1v) is 10.0. The maximum absolute atomic E-state index is 13.7. The molecule has 34 heavy (non-hydrogen) atoms. The summed E-state index contributed by atoms with van der Waals surface area (Å²) in [6.45, 7) is 0. The third kappa shape index (κ3) is 4.19. The summed E-state index contributed by atoms with van der Waals surface area (Å²) >= 11 is 0. The molecule has 3 aromatic rings. The number of halogens is 3. The topological polar surface area (TPSA) is 134 Å². The molecule has 0 atom stereocenters. The van der Waals surface area contributed by atoms with E-state index in [1.165, 1.54) is 36.1 Å². The Bertz CT molecular complexity index is 1330. The smallest absolute Gasteiger partial charge is 0.272 e. The number of nitrogens with zero attached hydrogens (tertiary/aromatic N) is 4. The van der Waals surface area contributed by atoms with Gasteiger partial charge in [-0.15, -0.1) is 0 Å². The van der Waals surface area contributed by atoms with Gasteiger partial charge in [0, 0.05) is 49.2 Å². The van der Waals surface area contributed by atoms with Crippen molar-refractivity contribution in [1.29, 1.82) is 5.26 Å². The highest BCUT2D eigenvalue weighted by Gasteiger charge is 2.59. The number of carbonyl (C=O) groups is 3. The molecular formula is C22H17F3N6O3. The zero-order valence-corrected chi connectivity index (χ0v) is 17.7. The van der Waals surface area contributed by atoms with Gasteiger partial charge >= 0.3 is 0 Å². The first-order chi connectivity index (χ1) is 16.0. The number of ketones is 2. The number of hydrogen-bond donors (Lipinski definition) is 2. The molecule has 0 aliphatic heterocycles. The van der Waals surface area contributed by atoms with E-state index >= 15 is 0 Å². The van der Waals surface area contributed by atoms with E-state index in [1.807, 2.05) is 0 Å². The van der Waals surface area contributed by atoms with Gasteiger partial charge in [-0.05, 0) is 24.3 Å². The van der Waals surface area contributed by atoms with E-state index in [-0.39, 0.29) is 28.2 Å². The van der Waals surface area contributed by atoms with Crippen molar-refractivity contribution in [1.82, 2.24) is 20.0 Å². The Balaban J connectivity index is 1.50. The van der Waals surface area contributed by atoms with Gasteiger partial charge in [0.05, 0.1) is 17.5 Å². The fourth-order valence-corrected chi connectivity index (χ4v) is 4.14. The Morgan fingerprint density at radius 1 is 1.26 bits per heavy atom. The van der Waals surface area contributed by atoms with Crippen molar-refractivity contribution < 1.29 is 27.6 Å². The van der Waals surface area contributed by atoms with Crippen LogP contribution in [-0.2, 0) is 17.3 Å². The second kappa shape index (κ2) is 8.26. The molecule has 1 aromatic carbocycles. The molecule has 1 saturated carbocycles. The molecule has 0 radical (unpaired) electrons. The van der Waals surface area contributed by atoms with Crippen LogP contribution < -0.4 is 5.32 Å². The van der Waals surface area contributed by atoms with Crippen LogP contribution in [0, 0.1) is 17.1 Å². The van der Waals surface area contributed by atoms with E-state index in [0.717, 1.165) is 12.1 Å². The van der Waals surface area contributed by atoms with E-state index in [9.17, 15) is 27.6 Å². The number of hydrogen-bond acceptors (Lipinski definition) is 6. The minimum Gasteiger partial charge on any atom is -0.346 e. The minimum atomic E-state index is -2.97. The Morgan fingerprint density at radius 2 is 2.00 bits per heavy atom. The number of aromatic nitrogens is 4. The average molecular weight is 470 g/mol. The lowest BCUT2D eigenvalue weighted by molar-refractivity contribution is -0.139. The molecule has 1 aliphatic rings. The molecule has 0 bridgehead atoms. The molecule has 12 heteroatoms. The number of nitrogens with one attached hydrogen (secondary N) is 2. The number of aromatic amines is 1. The van der Waals surface area contributed by atoms with Gasteiger partial charge in [0.15, 0.2) is 0 Å². The number of H-pyrrole nitrogens is 1. The zero-order chi connectivity index (χ0) is 24.7. The summed E-state index contributed by atoms with van der Waals surface area (Å²) in [5.41, 5.74) is -1.28. The Labute approximate surface area is 190 Å². The van der Waals surface area contributed by atoms with Crippen LogP contribution in [0.15, 0.2) is 36.7 Å². The summed E-state index contributed by atoms with van der Waals surface area (Å²) in [5, 5.41) is 21.2. The summed E-state index contributed by atoms with van der Waals surface area (Å²) in [4.78, 5) is 38.1. The number of aryl methyl sites for hydroxylation is 1. The van der Waals surface area contributed by atoms with Gasteiger partial charge in [0.2, 0.25) is 17.5 Å². The predicted octanol–water partition coefficient (Wildman–Crippen LogP) is 2.92. The molecule has 4 rings (SSSR count). The highest BCUT2D eigenvalue weighted by Crippen LogP contribution is 2.54. The lowest BCUT2D eigenvalue weighted by Gasteiger charge is -2.45. The van der Waals surface area contributed by atoms with E-state index in [0.29, 0.717) is 0 Å². The number of amides is 1. The van der Waals surface area contributed by atoms with Gasteiger partial charge in [-0.25, -0.2) is 13.2 Å². The van der Waals surface area contributed by atoms with Gasteiger partial charge < -0.3 is 9.88 Å². The fourth-order valence-electron chi connectivity index (χ4n) is 4.14. The standard InChI is InChI=1S/C22H17F3N6O3/c1-31-9-13(5-16(31)20(34)28-14-2-3-15(23)12(4-14)7-26)19(33)17(32)6-21(10-22(24,25)11-21)18-8-27-30-29-18/h2-5,8-9H,6,10-11H2,1H3,(H,28,34)(H,27,29,30). The molecule has 174 valence electrons. The summed E-state index contributed by atoms with van der Waals surface area (Å²) in [7, 11) is 1.48. The van der Waals surface area contributed by atoms with Crippen molar-refractivity contribution in [2.24, 2.45) is 7.05 Å². The van der Waals surface area contributed by atoms with Crippen LogP contribution in [-0.4, -0.2) is 43.4 Å². The molecular weight excluding hydrogens is 453 g/mol.